The number of ketones is 1. The Balaban J connectivity index is 2.21. The highest BCUT2D eigenvalue weighted by molar-refractivity contribution is 5.97. The van der Waals surface area contributed by atoms with Crippen molar-refractivity contribution in [2.45, 2.75) is 78.5 Å². The third-order valence-corrected chi connectivity index (χ3v) is 6.14. The van der Waals surface area contributed by atoms with Gasteiger partial charge in [0, 0.05) is 55.0 Å². The maximum atomic E-state index is 13.6. The minimum Gasteiger partial charge on any atom is -0.402 e. The number of nitrogens with two attached hydrogens (primary N) is 3. The minimum atomic E-state index is -0.883. The normalized spacial score (nSPS) is 23.1. The first-order chi connectivity index (χ1) is 15.3. The summed E-state index contributed by atoms with van der Waals surface area (Å²) in [7, 11) is 0. The molecule has 1 aliphatic carbocycles. The summed E-state index contributed by atoms with van der Waals surface area (Å²) in [6, 6.07) is -1.68. The minimum absolute atomic E-state index is 0.0195. The average molecular weight is 465 g/mol. The molecule has 8 N–H and O–H groups in total. The number of β-amino-alcohol motifs (C(OH)–C–C–N with tert-alkyl or cyclic N) is 1. The number of carbonyl (C=O) groups is 3. The summed E-state index contributed by atoms with van der Waals surface area (Å²) in [5.41, 5.74) is 12.7. The van der Waals surface area contributed by atoms with Crippen molar-refractivity contribution in [1.82, 2.24) is 15.2 Å². The topological polar surface area (TPSA) is 168 Å². The van der Waals surface area contributed by atoms with Crippen LogP contribution in [0.3, 0.4) is 0 Å². The lowest BCUT2D eigenvalue weighted by atomic mass is 9.85. The first-order valence-corrected chi connectivity index (χ1v) is 11.5. The van der Waals surface area contributed by atoms with Crippen LogP contribution in [0.15, 0.2) is 23.2 Å². The highest BCUT2D eigenvalue weighted by Gasteiger charge is 2.45. The van der Waals surface area contributed by atoms with Gasteiger partial charge in [-0.2, -0.15) is 0 Å². The van der Waals surface area contributed by atoms with Crippen molar-refractivity contribution in [3.05, 3.63) is 23.2 Å². The van der Waals surface area contributed by atoms with Crippen LogP contribution in [0.5, 0.6) is 0 Å². The van der Waals surface area contributed by atoms with Crippen LogP contribution in [-0.2, 0) is 14.4 Å². The lowest BCUT2D eigenvalue weighted by Gasteiger charge is -2.39. The smallest absolute Gasteiger partial charge is 0.248 e. The molecule has 3 unspecified atom stereocenters. The molecule has 0 aromatic carbocycles. The molecule has 0 spiro atoms. The molecular formula is C23H40N6O4. The standard InChI is InChI=1S/C23H40N6O4/c1-6-19(31)16(13(2)24)10-27-21(32)18-9-15(30)11-28(18)22(33)20(23(3,4)5)29(26)12-17(25)14-7-8-14/h12,14-15,18,20,30H,6-11,24-26H2,1-5H3,(H,27,32)/b16-13?,17-12-. The van der Waals surface area contributed by atoms with Crippen LogP contribution in [0, 0.1) is 11.3 Å². The van der Waals surface area contributed by atoms with Crippen molar-refractivity contribution in [3.63, 3.8) is 0 Å². The lowest BCUT2D eigenvalue weighted by Crippen LogP contribution is -2.58. The summed E-state index contributed by atoms with van der Waals surface area (Å²) in [4.78, 5) is 40.1. The van der Waals surface area contributed by atoms with Crippen LogP contribution in [0.25, 0.3) is 0 Å². The van der Waals surface area contributed by atoms with Crippen LogP contribution < -0.4 is 22.6 Å². The monoisotopic (exact) mass is 464 g/mol. The Morgan fingerprint density at radius 1 is 1.24 bits per heavy atom. The summed E-state index contributed by atoms with van der Waals surface area (Å²) in [6.45, 7) is 8.96. The molecule has 1 saturated carbocycles. The van der Waals surface area contributed by atoms with Gasteiger partial charge in [-0.25, -0.2) is 5.84 Å². The maximum Gasteiger partial charge on any atom is 0.248 e. The van der Waals surface area contributed by atoms with Crippen LogP contribution in [0.4, 0.5) is 0 Å². The van der Waals surface area contributed by atoms with Crippen molar-refractivity contribution < 1.29 is 19.5 Å². The van der Waals surface area contributed by atoms with E-state index >= 15 is 0 Å². The number of hydrogen-bond donors (Lipinski definition) is 5. The largest absolute Gasteiger partial charge is 0.402 e. The number of amides is 2. The SMILES string of the molecule is CCC(=O)C(CNC(=O)C1CC(O)CN1C(=O)C(N(N)/C=C(\N)C1CC1)C(C)(C)C)=C(C)N. The molecular weight excluding hydrogens is 424 g/mol. The van der Waals surface area contributed by atoms with Gasteiger partial charge in [-0.15, -0.1) is 0 Å². The van der Waals surface area contributed by atoms with E-state index in [1.807, 2.05) is 20.8 Å². The van der Waals surface area contributed by atoms with E-state index in [0.29, 0.717) is 17.0 Å². The number of likely N-dealkylation sites (tertiary alicyclic amines) is 1. The van der Waals surface area contributed by atoms with E-state index in [4.69, 9.17) is 17.3 Å². The number of allylic oxidation sites excluding steroid dienone is 2. The van der Waals surface area contributed by atoms with E-state index in [9.17, 15) is 19.5 Å². The fourth-order valence-corrected chi connectivity index (χ4v) is 4.14. The zero-order valence-corrected chi connectivity index (χ0v) is 20.4. The highest BCUT2D eigenvalue weighted by atomic mass is 16.3. The second-order valence-electron chi connectivity index (χ2n) is 10.2. The number of Topliss-reactive ketones (excluding diaryl/α,β-unsaturated/α-hetero) is 1. The van der Waals surface area contributed by atoms with Gasteiger partial charge in [0.1, 0.15) is 12.1 Å². The summed E-state index contributed by atoms with van der Waals surface area (Å²) in [6.07, 6.45) is 3.14. The fraction of sp³-hybridized carbons (Fsp3) is 0.696. The fourth-order valence-electron chi connectivity index (χ4n) is 4.14. The molecule has 186 valence electrons. The number of rotatable bonds is 9. The third-order valence-electron chi connectivity index (χ3n) is 6.14. The first-order valence-electron chi connectivity index (χ1n) is 11.5. The van der Waals surface area contributed by atoms with Crippen molar-refractivity contribution in [1.29, 1.82) is 0 Å². The predicted octanol–water partition coefficient (Wildman–Crippen LogP) is 0.0767. The molecule has 3 atom stereocenters. The molecule has 2 amide bonds. The zero-order chi connectivity index (χ0) is 25.1. The molecule has 2 aliphatic rings. The second-order valence-corrected chi connectivity index (χ2v) is 10.2. The van der Waals surface area contributed by atoms with Crippen molar-refractivity contribution in [2.75, 3.05) is 13.1 Å². The van der Waals surface area contributed by atoms with E-state index in [-0.39, 0.29) is 43.5 Å². The number of nitrogens with one attached hydrogen (secondary N) is 1. The van der Waals surface area contributed by atoms with Crippen LogP contribution in [0.1, 0.15) is 60.3 Å². The molecule has 2 fully saturated rings. The molecule has 0 aromatic rings. The van der Waals surface area contributed by atoms with Crippen LogP contribution >= 0.6 is 0 Å². The average Bonchev–Trinajstić information content (AvgIpc) is 3.48. The van der Waals surface area contributed by atoms with Gasteiger partial charge in [0.15, 0.2) is 5.78 Å². The number of carbonyl (C=O) groups excluding carboxylic acids is 3. The molecule has 2 rings (SSSR count). The first kappa shape index (κ1) is 26.7. The molecule has 1 heterocycles. The van der Waals surface area contributed by atoms with E-state index in [1.165, 1.54) is 9.91 Å². The molecule has 0 radical (unpaired) electrons. The third kappa shape index (κ3) is 6.70. The van der Waals surface area contributed by atoms with Gasteiger partial charge >= 0.3 is 0 Å². The van der Waals surface area contributed by atoms with Crippen molar-refractivity contribution in [2.24, 2.45) is 28.6 Å². The zero-order valence-electron chi connectivity index (χ0n) is 20.4. The molecule has 33 heavy (non-hydrogen) atoms. The summed E-state index contributed by atoms with van der Waals surface area (Å²) in [5.74, 6) is 5.61. The molecule has 0 aromatic heterocycles. The highest BCUT2D eigenvalue weighted by Crippen LogP contribution is 2.35. The Kier molecular flexibility index (Phi) is 8.53. The van der Waals surface area contributed by atoms with E-state index in [1.54, 1.807) is 20.0 Å². The van der Waals surface area contributed by atoms with Crippen molar-refractivity contribution >= 4 is 17.6 Å². The molecule has 10 nitrogen and oxygen atoms in total. The number of nitrogens with zero attached hydrogens (tertiary/aromatic N) is 2. The van der Waals surface area contributed by atoms with Gasteiger partial charge in [-0.3, -0.25) is 14.4 Å². The van der Waals surface area contributed by atoms with E-state index < -0.39 is 29.5 Å². The molecule has 1 aliphatic heterocycles. The Morgan fingerprint density at radius 2 is 1.85 bits per heavy atom. The lowest BCUT2D eigenvalue weighted by molar-refractivity contribution is -0.145. The second kappa shape index (κ2) is 10.6. The van der Waals surface area contributed by atoms with E-state index in [0.717, 1.165) is 12.8 Å². The molecule has 1 saturated heterocycles. The van der Waals surface area contributed by atoms with Gasteiger partial charge in [-0.1, -0.05) is 27.7 Å². The Hall–Kier alpha value is -2.59. The van der Waals surface area contributed by atoms with Gasteiger partial charge in [-0.05, 0) is 25.2 Å². The van der Waals surface area contributed by atoms with Crippen LogP contribution in [0.2, 0.25) is 0 Å². The maximum absolute atomic E-state index is 13.6. The van der Waals surface area contributed by atoms with Crippen molar-refractivity contribution in [3.8, 4) is 0 Å². The Bertz CT molecular complexity index is 823. The number of aliphatic hydroxyl groups is 1. The summed E-state index contributed by atoms with van der Waals surface area (Å²) in [5, 5.41) is 14.3. The van der Waals surface area contributed by atoms with Gasteiger partial charge in [0.2, 0.25) is 11.8 Å². The quantitative estimate of drug-likeness (QED) is 0.181. The molecule has 10 heteroatoms. The summed E-state index contributed by atoms with van der Waals surface area (Å²) < 4.78 is 0. The number of hydrazine groups is 1. The van der Waals surface area contributed by atoms with Gasteiger partial charge < -0.3 is 31.8 Å². The summed E-state index contributed by atoms with van der Waals surface area (Å²) >= 11 is 0. The van der Waals surface area contributed by atoms with Crippen LogP contribution in [-0.4, -0.2) is 63.9 Å². The molecule has 0 bridgehead atoms. The van der Waals surface area contributed by atoms with Gasteiger partial charge in [0.25, 0.3) is 0 Å². The van der Waals surface area contributed by atoms with Gasteiger partial charge in [0.05, 0.1) is 6.10 Å². The Labute approximate surface area is 196 Å². The Morgan fingerprint density at radius 3 is 2.33 bits per heavy atom. The van der Waals surface area contributed by atoms with E-state index in [2.05, 4.69) is 5.32 Å². The number of hydrogen-bond acceptors (Lipinski definition) is 8. The number of aliphatic hydroxyl groups excluding tert-OH is 1. The predicted molar refractivity (Wildman–Crippen MR) is 126 cm³/mol.